The molecule has 6 heteroatoms. The molecule has 0 aliphatic rings. The first-order valence-electron chi connectivity index (χ1n) is 3.33. The molecule has 1 aromatic rings. The van der Waals surface area contributed by atoms with E-state index in [1.165, 1.54) is 4.80 Å². The summed E-state index contributed by atoms with van der Waals surface area (Å²) in [5.41, 5.74) is 0. The first-order chi connectivity index (χ1) is 5.29. The number of carbonyl (C=O) groups is 1. The molecule has 0 aliphatic heterocycles. The van der Waals surface area contributed by atoms with Gasteiger partial charge in [-0.15, -0.1) is 0 Å². The molecular formula is C6H8N3NaO2. The summed E-state index contributed by atoms with van der Waals surface area (Å²) in [5, 5.41) is 17.6. The number of nitrogens with zero attached hydrogens (tertiary/aromatic N) is 3. The van der Waals surface area contributed by atoms with Crippen LogP contribution in [-0.2, 0) is 11.3 Å². The Labute approximate surface area is 92.1 Å². The van der Waals surface area contributed by atoms with Crippen LogP contribution in [0.3, 0.4) is 0 Å². The van der Waals surface area contributed by atoms with Gasteiger partial charge in [-0.05, 0) is 12.8 Å². The summed E-state index contributed by atoms with van der Waals surface area (Å²) in [4.78, 5) is 11.4. The molecule has 12 heavy (non-hydrogen) atoms. The van der Waals surface area contributed by atoms with Crippen LogP contribution in [-0.4, -0.2) is 21.0 Å². The second-order valence-electron chi connectivity index (χ2n) is 2.10. The second-order valence-corrected chi connectivity index (χ2v) is 2.10. The average molecular weight is 177 g/mol. The van der Waals surface area contributed by atoms with Gasteiger partial charge in [0.1, 0.15) is 0 Å². The quantitative estimate of drug-likeness (QED) is 0.437. The van der Waals surface area contributed by atoms with Gasteiger partial charge < -0.3 is 9.90 Å². The Hall–Kier alpha value is -0.390. The van der Waals surface area contributed by atoms with Crippen LogP contribution in [0.15, 0.2) is 12.4 Å². The van der Waals surface area contributed by atoms with Gasteiger partial charge in [0, 0.05) is 5.97 Å². The maximum absolute atomic E-state index is 9.97. The number of aromatic nitrogens is 3. The first kappa shape index (κ1) is 11.6. The van der Waals surface area contributed by atoms with Gasteiger partial charge in [0.05, 0.1) is 18.9 Å². The summed E-state index contributed by atoms with van der Waals surface area (Å²) in [6.07, 6.45) is 3.68. The summed E-state index contributed by atoms with van der Waals surface area (Å²) < 4.78 is 0. The normalized spacial score (nSPS) is 9.00. The van der Waals surface area contributed by atoms with Crippen molar-refractivity contribution in [1.29, 1.82) is 0 Å². The Bertz CT molecular complexity index is 225. The summed E-state index contributed by atoms with van der Waals surface area (Å²) in [7, 11) is 0. The first-order valence-corrected chi connectivity index (χ1v) is 3.33. The molecule has 1 aromatic heterocycles. The van der Waals surface area contributed by atoms with Gasteiger partial charge in [0.2, 0.25) is 0 Å². The van der Waals surface area contributed by atoms with E-state index in [2.05, 4.69) is 10.2 Å². The van der Waals surface area contributed by atoms with Crippen molar-refractivity contribution in [1.82, 2.24) is 15.0 Å². The topological polar surface area (TPSA) is 70.8 Å². The van der Waals surface area contributed by atoms with Crippen molar-refractivity contribution in [3.63, 3.8) is 0 Å². The van der Waals surface area contributed by atoms with Gasteiger partial charge in [-0.25, -0.2) is 0 Å². The van der Waals surface area contributed by atoms with Crippen LogP contribution >= 0.6 is 0 Å². The van der Waals surface area contributed by atoms with E-state index < -0.39 is 5.97 Å². The fraction of sp³-hybridized carbons (Fsp3) is 0.500. The fourth-order valence-corrected chi connectivity index (χ4v) is 0.724. The van der Waals surface area contributed by atoms with Gasteiger partial charge >= 0.3 is 29.6 Å². The minimum Gasteiger partial charge on any atom is -0.550 e. The van der Waals surface area contributed by atoms with Crippen LogP contribution in [0.1, 0.15) is 12.8 Å². The molecule has 1 heterocycles. The van der Waals surface area contributed by atoms with E-state index in [0.717, 1.165) is 0 Å². The standard InChI is InChI=1S/C6H9N3O2.Na/c10-6(11)2-1-5-9-7-3-4-8-9;/h3-4H,1-2,5H2,(H,10,11);/q;+1/p-1. The molecule has 0 aliphatic carbocycles. The van der Waals surface area contributed by atoms with Crippen LogP contribution in [0.4, 0.5) is 0 Å². The number of carboxylic acids is 1. The van der Waals surface area contributed by atoms with Crippen LogP contribution in [0.2, 0.25) is 0 Å². The molecule has 5 nitrogen and oxygen atoms in total. The van der Waals surface area contributed by atoms with Gasteiger partial charge in [0.15, 0.2) is 0 Å². The zero-order valence-corrected chi connectivity index (χ0v) is 8.93. The molecule has 60 valence electrons. The molecule has 0 saturated heterocycles. The van der Waals surface area contributed by atoms with E-state index in [1.807, 2.05) is 0 Å². The second kappa shape index (κ2) is 6.16. The zero-order chi connectivity index (χ0) is 8.10. The van der Waals surface area contributed by atoms with Crippen molar-refractivity contribution < 1.29 is 39.5 Å². The number of rotatable bonds is 4. The Morgan fingerprint density at radius 1 is 1.42 bits per heavy atom. The number of hydrogen-bond acceptors (Lipinski definition) is 4. The maximum atomic E-state index is 9.97. The SMILES string of the molecule is O=C([O-])CCCn1nccn1.[Na+]. The molecule has 0 saturated carbocycles. The average Bonchev–Trinajstić information content (AvgIpc) is 2.39. The van der Waals surface area contributed by atoms with Gasteiger partial charge in [-0.2, -0.15) is 15.0 Å². The third-order valence-electron chi connectivity index (χ3n) is 1.21. The fourth-order valence-electron chi connectivity index (χ4n) is 0.724. The number of hydrogen-bond donors (Lipinski definition) is 0. The summed E-state index contributed by atoms with van der Waals surface area (Å²) >= 11 is 0. The Morgan fingerprint density at radius 3 is 2.50 bits per heavy atom. The summed E-state index contributed by atoms with van der Waals surface area (Å²) in [6, 6.07) is 0. The van der Waals surface area contributed by atoms with E-state index >= 15 is 0 Å². The molecule has 0 fully saturated rings. The van der Waals surface area contributed by atoms with Crippen molar-refractivity contribution in [2.75, 3.05) is 0 Å². The van der Waals surface area contributed by atoms with Gasteiger partial charge in [-0.3, -0.25) is 0 Å². The molecule has 0 bridgehead atoms. The van der Waals surface area contributed by atoms with Crippen molar-refractivity contribution in [2.45, 2.75) is 19.4 Å². The van der Waals surface area contributed by atoms with Crippen molar-refractivity contribution >= 4 is 5.97 Å². The minimum absolute atomic E-state index is 0. The molecule has 0 unspecified atom stereocenters. The van der Waals surface area contributed by atoms with E-state index in [-0.39, 0.29) is 36.0 Å². The molecule has 0 spiro atoms. The molecule has 0 radical (unpaired) electrons. The monoisotopic (exact) mass is 177 g/mol. The predicted molar refractivity (Wildman–Crippen MR) is 34.3 cm³/mol. The van der Waals surface area contributed by atoms with Crippen LogP contribution in [0, 0.1) is 0 Å². The van der Waals surface area contributed by atoms with Crippen molar-refractivity contribution in [2.24, 2.45) is 0 Å². The van der Waals surface area contributed by atoms with Gasteiger partial charge in [0.25, 0.3) is 0 Å². The van der Waals surface area contributed by atoms with Crippen LogP contribution in [0.5, 0.6) is 0 Å². The van der Waals surface area contributed by atoms with Gasteiger partial charge in [-0.1, -0.05) is 0 Å². The predicted octanol–water partition coefficient (Wildman–Crippen LogP) is -4.19. The van der Waals surface area contributed by atoms with E-state index in [4.69, 9.17) is 0 Å². The third-order valence-corrected chi connectivity index (χ3v) is 1.21. The van der Waals surface area contributed by atoms with E-state index in [1.54, 1.807) is 12.4 Å². The third kappa shape index (κ3) is 4.48. The number of aryl methyl sites for hydroxylation is 1. The number of carbonyl (C=O) groups excluding carboxylic acids is 1. The van der Waals surface area contributed by atoms with Crippen LogP contribution < -0.4 is 34.7 Å². The summed E-state index contributed by atoms with van der Waals surface area (Å²) in [5.74, 6) is -1.03. The maximum Gasteiger partial charge on any atom is 1.00 e. The molecule has 0 aromatic carbocycles. The Morgan fingerprint density at radius 2 is 2.00 bits per heavy atom. The molecule has 0 N–H and O–H groups in total. The van der Waals surface area contributed by atoms with Crippen LogP contribution in [0.25, 0.3) is 0 Å². The Balaban J connectivity index is 0.00000121. The zero-order valence-electron chi connectivity index (χ0n) is 6.93. The van der Waals surface area contributed by atoms with E-state index in [0.29, 0.717) is 13.0 Å². The molecule has 0 amide bonds. The Kier molecular flexibility index (Phi) is 5.96. The molecule has 0 atom stereocenters. The minimum atomic E-state index is -1.03. The number of aliphatic carboxylic acids is 1. The smallest absolute Gasteiger partial charge is 0.550 e. The largest absolute Gasteiger partial charge is 1.00 e. The summed E-state index contributed by atoms with van der Waals surface area (Å²) in [6.45, 7) is 0.529. The van der Waals surface area contributed by atoms with Crippen molar-refractivity contribution in [3.05, 3.63) is 12.4 Å². The molecular weight excluding hydrogens is 169 g/mol. The molecule has 1 rings (SSSR count). The van der Waals surface area contributed by atoms with E-state index in [9.17, 15) is 9.90 Å². The number of carboxylic acid groups (broad SMARTS) is 1. The van der Waals surface area contributed by atoms with Crippen molar-refractivity contribution in [3.8, 4) is 0 Å².